The molecular weight excluding hydrogens is 543 g/mol. The summed E-state index contributed by atoms with van der Waals surface area (Å²) < 4.78 is 39.7. The highest BCUT2D eigenvalue weighted by Gasteiger charge is 2.52. The Bertz CT molecular complexity index is 1300. The van der Waals surface area contributed by atoms with Crippen LogP contribution in [-0.4, -0.2) is 69.9 Å². The number of pyridine rings is 1. The van der Waals surface area contributed by atoms with Gasteiger partial charge in [0, 0.05) is 18.9 Å². The second-order valence-corrected chi connectivity index (χ2v) is 10.3. The number of alkyl halides is 3. The zero-order valence-corrected chi connectivity index (χ0v) is 23.9. The molecule has 4 amide bonds. The van der Waals surface area contributed by atoms with Crippen LogP contribution in [0.2, 0.25) is 0 Å². The average molecular weight is 578 g/mol. The van der Waals surface area contributed by atoms with Crippen LogP contribution in [0.1, 0.15) is 58.6 Å². The van der Waals surface area contributed by atoms with Crippen LogP contribution in [0, 0.1) is 0 Å². The van der Waals surface area contributed by atoms with Gasteiger partial charge in [-0.15, -0.1) is 5.06 Å². The minimum Gasteiger partial charge on any atom is -0.324 e. The van der Waals surface area contributed by atoms with E-state index in [4.69, 9.17) is 0 Å². The first-order valence-corrected chi connectivity index (χ1v) is 13.2. The fraction of sp³-hybridized carbons (Fsp3) is 0.464. The van der Waals surface area contributed by atoms with Crippen LogP contribution in [0.4, 0.5) is 29.3 Å². The van der Waals surface area contributed by atoms with Gasteiger partial charge in [-0.1, -0.05) is 33.8 Å². The Labute approximate surface area is 236 Å². The molecule has 1 aliphatic rings. The van der Waals surface area contributed by atoms with Crippen molar-refractivity contribution in [1.29, 1.82) is 0 Å². The smallest absolute Gasteiger partial charge is 0.324 e. The Kier molecular flexibility index (Phi) is 9.42. The van der Waals surface area contributed by atoms with Gasteiger partial charge in [0.1, 0.15) is 5.54 Å². The van der Waals surface area contributed by atoms with Gasteiger partial charge in [0.15, 0.2) is 0 Å². The Morgan fingerprint density at radius 1 is 1.05 bits per heavy atom. The number of hydroxylamine groups is 1. The lowest BCUT2D eigenvalue weighted by molar-refractivity contribution is -0.201. The third kappa shape index (κ3) is 6.67. The molecule has 1 saturated heterocycles. The number of halogens is 3. The minimum atomic E-state index is -5.37. The molecule has 13 heteroatoms. The van der Waals surface area contributed by atoms with Gasteiger partial charge < -0.3 is 9.74 Å². The largest absolute Gasteiger partial charge is 0.493 e. The number of carbonyl (C=O) groups is 4. The zero-order valence-electron chi connectivity index (χ0n) is 23.9. The predicted molar refractivity (Wildman–Crippen MR) is 145 cm³/mol. The third-order valence-corrected chi connectivity index (χ3v) is 6.91. The fourth-order valence-electron chi connectivity index (χ4n) is 4.41. The average Bonchev–Trinajstić information content (AvgIpc) is 3.08. The van der Waals surface area contributed by atoms with Gasteiger partial charge in [-0.2, -0.15) is 13.2 Å². The Morgan fingerprint density at radius 3 is 2.20 bits per heavy atom. The van der Waals surface area contributed by atoms with E-state index in [2.05, 4.69) is 9.82 Å². The van der Waals surface area contributed by atoms with Gasteiger partial charge in [-0.3, -0.25) is 19.5 Å². The number of hydrogen-bond acceptors (Lipinski definition) is 7. The Hall–Kier alpha value is -4.00. The molecule has 0 aliphatic carbocycles. The second-order valence-electron chi connectivity index (χ2n) is 10.3. The monoisotopic (exact) mass is 577 g/mol. The van der Waals surface area contributed by atoms with E-state index in [0.29, 0.717) is 23.7 Å². The lowest BCUT2D eigenvalue weighted by atomic mass is 9.99. The number of benzene rings is 1. The van der Waals surface area contributed by atoms with E-state index in [1.165, 1.54) is 23.1 Å². The van der Waals surface area contributed by atoms with Crippen LogP contribution in [-0.2, 0) is 25.8 Å². The van der Waals surface area contributed by atoms with Crippen molar-refractivity contribution in [2.75, 3.05) is 29.6 Å². The molecule has 2 aromatic rings. The zero-order chi connectivity index (χ0) is 30.7. The molecule has 0 spiro atoms. The molecule has 0 saturated carbocycles. The number of imide groups is 1. The van der Waals surface area contributed by atoms with Crippen LogP contribution in [0.3, 0.4) is 0 Å². The summed E-state index contributed by atoms with van der Waals surface area (Å²) in [5.74, 6) is -4.42. The molecule has 1 aliphatic heterocycles. The van der Waals surface area contributed by atoms with Crippen LogP contribution in [0.5, 0.6) is 0 Å². The number of hydrogen-bond donors (Lipinski definition) is 0. The first-order chi connectivity index (χ1) is 19.1. The summed E-state index contributed by atoms with van der Waals surface area (Å²) >= 11 is 0. The van der Waals surface area contributed by atoms with Crippen molar-refractivity contribution < 1.29 is 37.2 Å². The van der Waals surface area contributed by atoms with E-state index in [9.17, 15) is 32.3 Å². The number of rotatable bonds is 9. The fourth-order valence-corrected chi connectivity index (χ4v) is 4.41. The molecule has 1 aromatic carbocycles. The molecule has 0 radical (unpaired) electrons. The maximum absolute atomic E-state index is 13.6. The van der Waals surface area contributed by atoms with Crippen LogP contribution >= 0.6 is 0 Å². The van der Waals surface area contributed by atoms with Crippen molar-refractivity contribution >= 4 is 35.2 Å². The van der Waals surface area contributed by atoms with Gasteiger partial charge in [0.2, 0.25) is 0 Å². The van der Waals surface area contributed by atoms with Gasteiger partial charge in [0.25, 0.3) is 11.8 Å². The van der Waals surface area contributed by atoms with Gasteiger partial charge in [-0.05, 0) is 68.2 Å². The SMILES string of the molecule is CCN(CC)CC(=O)N(OC(=O)C(F)(F)F)c1cc(N2C(=O)N(Cc3ccncc3)C(C)(C)C2=O)ccc1C(C)C. The Balaban J connectivity index is 2.11. The maximum Gasteiger partial charge on any atom is 0.493 e. The van der Waals surface area contributed by atoms with E-state index < -0.39 is 35.5 Å². The van der Waals surface area contributed by atoms with Crippen molar-refractivity contribution in [3.05, 3.63) is 53.9 Å². The Morgan fingerprint density at radius 2 is 1.66 bits per heavy atom. The number of amides is 4. The van der Waals surface area contributed by atoms with Crippen molar-refractivity contribution in [2.24, 2.45) is 0 Å². The first kappa shape index (κ1) is 31.5. The summed E-state index contributed by atoms with van der Waals surface area (Å²) in [7, 11) is 0. The maximum atomic E-state index is 13.6. The highest BCUT2D eigenvalue weighted by atomic mass is 19.4. The summed E-state index contributed by atoms with van der Waals surface area (Å²) in [6, 6.07) is 6.95. The summed E-state index contributed by atoms with van der Waals surface area (Å²) in [5.41, 5.74) is -0.340. The van der Waals surface area contributed by atoms with Crippen molar-refractivity contribution in [1.82, 2.24) is 14.8 Å². The standard InChI is InChI=1S/C28H34F3N5O5/c1-7-33(8-2)17-23(37)36(41-25(39)28(29,30)31)22-15-20(9-10-21(22)18(3)4)35-24(38)27(5,6)34(26(35)40)16-19-11-13-32-14-12-19/h9-15,18H,7-8,16-17H2,1-6H3. The van der Waals surface area contributed by atoms with Crippen molar-refractivity contribution in [3.63, 3.8) is 0 Å². The number of likely N-dealkylation sites (N-methyl/N-ethyl adjacent to an activating group) is 1. The van der Waals surface area contributed by atoms with Crippen molar-refractivity contribution in [2.45, 2.75) is 65.7 Å². The topological polar surface area (TPSA) is 103 Å². The quantitative estimate of drug-likeness (QED) is 0.316. The van der Waals surface area contributed by atoms with Gasteiger partial charge >= 0.3 is 18.2 Å². The van der Waals surface area contributed by atoms with Crippen LogP contribution in [0.25, 0.3) is 0 Å². The van der Waals surface area contributed by atoms with E-state index in [1.54, 1.807) is 71.0 Å². The van der Waals surface area contributed by atoms with Crippen LogP contribution in [0.15, 0.2) is 42.7 Å². The molecule has 1 fully saturated rings. The van der Waals surface area contributed by atoms with Gasteiger partial charge in [-0.25, -0.2) is 14.5 Å². The number of urea groups is 1. The molecule has 41 heavy (non-hydrogen) atoms. The number of aromatic nitrogens is 1. The minimum absolute atomic E-state index is 0.00778. The number of anilines is 2. The molecule has 10 nitrogen and oxygen atoms in total. The lowest BCUT2D eigenvalue weighted by Gasteiger charge is -2.28. The van der Waals surface area contributed by atoms with Crippen molar-refractivity contribution in [3.8, 4) is 0 Å². The summed E-state index contributed by atoms with van der Waals surface area (Å²) in [6.07, 6.45) is -2.25. The summed E-state index contributed by atoms with van der Waals surface area (Å²) in [5, 5.41) is 0.317. The van der Waals surface area contributed by atoms with E-state index >= 15 is 0 Å². The number of nitrogens with zero attached hydrogens (tertiary/aromatic N) is 5. The number of carbonyl (C=O) groups excluding carboxylic acids is 4. The normalized spacial score (nSPS) is 15.2. The first-order valence-electron chi connectivity index (χ1n) is 13.2. The summed E-state index contributed by atoms with van der Waals surface area (Å²) in [4.78, 5) is 64.9. The molecule has 1 aromatic heterocycles. The van der Waals surface area contributed by atoms with Gasteiger partial charge in [0.05, 0.1) is 17.9 Å². The third-order valence-electron chi connectivity index (χ3n) is 6.91. The van der Waals surface area contributed by atoms with E-state index in [-0.39, 0.29) is 30.4 Å². The molecule has 3 rings (SSSR count). The van der Waals surface area contributed by atoms with E-state index in [0.717, 1.165) is 10.5 Å². The second kappa shape index (κ2) is 12.2. The molecular formula is C28H34F3N5O5. The van der Waals surface area contributed by atoms with E-state index in [1.807, 2.05) is 0 Å². The highest BCUT2D eigenvalue weighted by molar-refractivity contribution is 6.23. The molecule has 0 N–H and O–H groups in total. The molecule has 2 heterocycles. The summed E-state index contributed by atoms with van der Waals surface area (Å²) in [6.45, 7) is 10.8. The molecule has 222 valence electrons. The lowest BCUT2D eigenvalue weighted by Crippen LogP contribution is -2.44. The molecule has 0 unspecified atom stereocenters. The molecule has 0 bridgehead atoms. The molecule has 0 atom stereocenters. The predicted octanol–water partition coefficient (Wildman–Crippen LogP) is 4.65. The highest BCUT2D eigenvalue weighted by Crippen LogP contribution is 2.38. The van der Waals surface area contributed by atoms with Crippen LogP contribution < -0.4 is 9.96 Å².